The predicted molar refractivity (Wildman–Crippen MR) is 90.6 cm³/mol. The number of hydrogen-bond acceptors (Lipinski definition) is 4. The Morgan fingerprint density at radius 3 is 2.71 bits per heavy atom. The van der Waals surface area contributed by atoms with Crippen LogP contribution in [0.25, 0.3) is 0 Å². The van der Waals surface area contributed by atoms with Crippen molar-refractivity contribution in [1.82, 2.24) is 5.32 Å². The second-order valence-corrected chi connectivity index (χ2v) is 5.37. The van der Waals surface area contributed by atoms with Gasteiger partial charge in [0.25, 0.3) is 0 Å². The zero-order valence-electron chi connectivity index (χ0n) is 13.8. The summed E-state index contributed by atoms with van der Waals surface area (Å²) in [5.74, 6) is 0.955. The zero-order valence-corrected chi connectivity index (χ0v) is 13.8. The maximum absolute atomic E-state index is 11.4. The maximum Gasteiger partial charge on any atom is 0.234 e. The fourth-order valence-corrected chi connectivity index (χ4v) is 2.24. The van der Waals surface area contributed by atoms with Gasteiger partial charge in [-0.1, -0.05) is 35.9 Å². The fourth-order valence-electron chi connectivity index (χ4n) is 2.24. The minimum absolute atomic E-state index is 0.146. The molecule has 0 aliphatic rings. The van der Waals surface area contributed by atoms with Gasteiger partial charge in [-0.15, -0.1) is 0 Å². The lowest BCUT2D eigenvalue weighted by molar-refractivity contribution is -0.120. The van der Waals surface area contributed by atoms with Gasteiger partial charge in [0.15, 0.2) is 11.5 Å². The molecule has 0 aliphatic carbocycles. The summed E-state index contributed by atoms with van der Waals surface area (Å²) < 4.78 is 11.2. The second-order valence-electron chi connectivity index (χ2n) is 5.37. The maximum atomic E-state index is 11.4. The van der Waals surface area contributed by atoms with Crippen LogP contribution < -0.4 is 14.8 Å². The van der Waals surface area contributed by atoms with E-state index in [-0.39, 0.29) is 12.3 Å². The van der Waals surface area contributed by atoms with Crippen molar-refractivity contribution >= 4 is 5.91 Å². The third kappa shape index (κ3) is 5.03. The molecule has 2 rings (SSSR count). The number of nitrogens with one attached hydrogen (secondary N) is 1. The number of carbonyl (C=O) groups is 1. The van der Waals surface area contributed by atoms with E-state index in [1.165, 1.54) is 5.56 Å². The smallest absolute Gasteiger partial charge is 0.234 e. The van der Waals surface area contributed by atoms with Gasteiger partial charge in [-0.25, -0.2) is 0 Å². The predicted octanol–water partition coefficient (Wildman–Crippen LogP) is 3.11. The van der Waals surface area contributed by atoms with E-state index in [1.807, 2.05) is 43.3 Å². The standard InChI is InChI=1S/C19H20N2O3/c1-14-4-3-5-16(10-14)13-24-18-11-15(6-7-17(18)23-2)12-21-19(22)8-9-20/h3-7,10-11H,8,12-13H2,1-2H3,(H,21,22). The van der Waals surface area contributed by atoms with Crippen LogP contribution >= 0.6 is 0 Å². The lowest BCUT2D eigenvalue weighted by Crippen LogP contribution is -2.21. The molecule has 0 bridgehead atoms. The minimum atomic E-state index is -0.296. The van der Waals surface area contributed by atoms with Crippen LogP contribution in [0.1, 0.15) is 23.1 Å². The van der Waals surface area contributed by atoms with Crippen molar-refractivity contribution in [2.24, 2.45) is 0 Å². The molecule has 2 aromatic rings. The monoisotopic (exact) mass is 324 g/mol. The number of benzene rings is 2. The molecule has 0 radical (unpaired) electrons. The van der Waals surface area contributed by atoms with E-state index in [0.29, 0.717) is 24.7 Å². The van der Waals surface area contributed by atoms with Gasteiger partial charge in [0.05, 0.1) is 13.2 Å². The van der Waals surface area contributed by atoms with Crippen molar-refractivity contribution in [2.45, 2.75) is 26.5 Å². The molecule has 5 heteroatoms. The number of carbonyl (C=O) groups excluding carboxylic acids is 1. The number of aryl methyl sites for hydroxylation is 1. The molecular formula is C19H20N2O3. The highest BCUT2D eigenvalue weighted by molar-refractivity contribution is 5.77. The molecule has 0 saturated heterocycles. The second kappa shape index (κ2) is 8.59. The highest BCUT2D eigenvalue weighted by Crippen LogP contribution is 2.29. The van der Waals surface area contributed by atoms with Crippen molar-refractivity contribution in [1.29, 1.82) is 5.26 Å². The first-order valence-corrected chi connectivity index (χ1v) is 7.61. The van der Waals surface area contributed by atoms with Gasteiger partial charge in [-0.05, 0) is 30.2 Å². The number of rotatable bonds is 7. The van der Waals surface area contributed by atoms with Gasteiger partial charge in [0, 0.05) is 6.54 Å². The Hall–Kier alpha value is -3.00. The lowest BCUT2D eigenvalue weighted by Gasteiger charge is -2.13. The van der Waals surface area contributed by atoms with E-state index in [9.17, 15) is 4.79 Å². The topological polar surface area (TPSA) is 71.3 Å². The summed E-state index contributed by atoms with van der Waals surface area (Å²) in [6, 6.07) is 15.4. The molecular weight excluding hydrogens is 304 g/mol. The summed E-state index contributed by atoms with van der Waals surface area (Å²) in [5, 5.41) is 11.2. The quantitative estimate of drug-likeness (QED) is 0.849. The molecule has 0 unspecified atom stereocenters. The van der Waals surface area contributed by atoms with Crippen LogP contribution in [0.15, 0.2) is 42.5 Å². The molecule has 1 amide bonds. The molecule has 0 aromatic heterocycles. The van der Waals surface area contributed by atoms with Gasteiger partial charge < -0.3 is 14.8 Å². The van der Waals surface area contributed by atoms with Crippen molar-refractivity contribution in [2.75, 3.05) is 7.11 Å². The third-order valence-corrected chi connectivity index (χ3v) is 3.43. The number of nitriles is 1. The minimum Gasteiger partial charge on any atom is -0.493 e. The first-order valence-electron chi connectivity index (χ1n) is 7.61. The molecule has 5 nitrogen and oxygen atoms in total. The highest BCUT2D eigenvalue weighted by Gasteiger charge is 2.08. The van der Waals surface area contributed by atoms with Gasteiger partial charge in [-0.2, -0.15) is 5.26 Å². The van der Waals surface area contributed by atoms with Crippen LogP contribution in [0.2, 0.25) is 0 Å². The number of hydrogen-bond donors (Lipinski definition) is 1. The molecule has 0 saturated carbocycles. The van der Waals surface area contributed by atoms with Crippen LogP contribution in [0.5, 0.6) is 11.5 Å². The summed E-state index contributed by atoms with van der Waals surface area (Å²) in [4.78, 5) is 11.4. The highest BCUT2D eigenvalue weighted by atomic mass is 16.5. The summed E-state index contributed by atoms with van der Waals surface area (Å²) >= 11 is 0. The molecule has 1 N–H and O–H groups in total. The summed E-state index contributed by atoms with van der Waals surface area (Å²) in [7, 11) is 1.59. The Morgan fingerprint density at radius 2 is 2.00 bits per heavy atom. The molecule has 0 aliphatic heterocycles. The summed E-state index contributed by atoms with van der Waals surface area (Å²) in [6.07, 6.45) is -0.146. The molecule has 0 atom stereocenters. The molecule has 2 aromatic carbocycles. The van der Waals surface area contributed by atoms with E-state index in [0.717, 1.165) is 11.1 Å². The molecule has 0 fully saturated rings. The molecule has 24 heavy (non-hydrogen) atoms. The van der Waals surface area contributed by atoms with Crippen molar-refractivity contribution in [3.63, 3.8) is 0 Å². The normalized spacial score (nSPS) is 9.88. The van der Waals surface area contributed by atoms with Crippen molar-refractivity contribution < 1.29 is 14.3 Å². The van der Waals surface area contributed by atoms with Gasteiger partial charge in [0.2, 0.25) is 5.91 Å². The Kier molecular flexibility index (Phi) is 6.21. The van der Waals surface area contributed by atoms with Gasteiger partial charge >= 0.3 is 0 Å². The van der Waals surface area contributed by atoms with E-state index in [4.69, 9.17) is 14.7 Å². The Morgan fingerprint density at radius 1 is 1.17 bits per heavy atom. The Bertz CT molecular complexity index is 751. The lowest BCUT2D eigenvalue weighted by atomic mass is 10.1. The number of amides is 1. The SMILES string of the molecule is COc1ccc(CNC(=O)CC#N)cc1OCc1cccc(C)c1. The molecule has 0 spiro atoms. The van der Waals surface area contributed by atoms with Crippen LogP contribution in [0.3, 0.4) is 0 Å². The van der Waals surface area contributed by atoms with E-state index >= 15 is 0 Å². The third-order valence-electron chi connectivity index (χ3n) is 3.43. The first kappa shape index (κ1) is 17.4. The molecule has 0 heterocycles. The van der Waals surface area contributed by atoms with Gasteiger partial charge in [0.1, 0.15) is 13.0 Å². The Balaban J connectivity index is 2.05. The van der Waals surface area contributed by atoms with E-state index in [1.54, 1.807) is 13.2 Å². The number of ether oxygens (including phenoxy) is 2. The number of methoxy groups -OCH3 is 1. The largest absolute Gasteiger partial charge is 0.493 e. The zero-order chi connectivity index (χ0) is 17.4. The van der Waals surface area contributed by atoms with E-state index in [2.05, 4.69) is 11.4 Å². The Labute approximate surface area is 141 Å². The van der Waals surface area contributed by atoms with Crippen LogP contribution in [0.4, 0.5) is 0 Å². The average molecular weight is 324 g/mol. The average Bonchev–Trinajstić information content (AvgIpc) is 2.58. The molecule has 124 valence electrons. The fraction of sp³-hybridized carbons (Fsp3) is 0.263. The number of nitrogens with zero attached hydrogens (tertiary/aromatic N) is 1. The van der Waals surface area contributed by atoms with Crippen molar-refractivity contribution in [3.8, 4) is 17.6 Å². The van der Waals surface area contributed by atoms with Crippen LogP contribution in [-0.4, -0.2) is 13.0 Å². The van der Waals surface area contributed by atoms with Crippen molar-refractivity contribution in [3.05, 3.63) is 59.2 Å². The summed E-state index contributed by atoms with van der Waals surface area (Å²) in [6.45, 7) is 2.81. The van der Waals surface area contributed by atoms with Crippen LogP contribution in [-0.2, 0) is 17.9 Å². The van der Waals surface area contributed by atoms with Crippen LogP contribution in [0, 0.1) is 18.3 Å². The van der Waals surface area contributed by atoms with Gasteiger partial charge in [-0.3, -0.25) is 4.79 Å². The van der Waals surface area contributed by atoms with E-state index < -0.39 is 0 Å². The first-order chi connectivity index (χ1) is 11.6. The summed E-state index contributed by atoms with van der Waals surface area (Å²) in [5.41, 5.74) is 3.13.